The lowest BCUT2D eigenvalue weighted by Gasteiger charge is -2.31. The number of thioether (sulfide) groups is 1. The van der Waals surface area contributed by atoms with Gasteiger partial charge >= 0.3 is 5.97 Å². The highest BCUT2D eigenvalue weighted by Crippen LogP contribution is 2.40. The molecular formula is C23H19Cl2N3O5S. The Morgan fingerprint density at radius 2 is 1.88 bits per heavy atom. The number of anilines is 1. The van der Waals surface area contributed by atoms with Crippen LogP contribution in [0.5, 0.6) is 5.75 Å². The van der Waals surface area contributed by atoms with Crippen molar-refractivity contribution in [2.75, 3.05) is 25.3 Å². The van der Waals surface area contributed by atoms with Gasteiger partial charge in [0, 0.05) is 10.9 Å². The molecule has 2 N–H and O–H groups in total. The number of hydrogen-bond donors (Lipinski definition) is 2. The molecule has 0 aliphatic carbocycles. The lowest BCUT2D eigenvalue weighted by molar-refractivity contribution is -0.150. The number of benzene rings is 2. The van der Waals surface area contributed by atoms with Gasteiger partial charge in [0.25, 0.3) is 0 Å². The first kappa shape index (κ1) is 25.4. The first-order valence-corrected chi connectivity index (χ1v) is 11.6. The lowest BCUT2D eigenvalue weighted by Crippen LogP contribution is -2.44. The van der Waals surface area contributed by atoms with Crippen molar-refractivity contribution in [1.82, 2.24) is 5.32 Å². The smallest absolute Gasteiger partial charge is 0.319 e. The van der Waals surface area contributed by atoms with Crippen molar-refractivity contribution in [1.29, 1.82) is 5.26 Å². The van der Waals surface area contributed by atoms with Gasteiger partial charge in [-0.15, -0.1) is 0 Å². The number of allylic oxidation sites excluding steroid dienone is 1. The first-order valence-electron chi connectivity index (χ1n) is 9.83. The average molecular weight is 520 g/mol. The molecule has 0 bridgehead atoms. The van der Waals surface area contributed by atoms with Gasteiger partial charge in [0.1, 0.15) is 11.7 Å². The molecule has 176 valence electrons. The van der Waals surface area contributed by atoms with Crippen LogP contribution in [0.25, 0.3) is 0 Å². The number of rotatable bonds is 7. The van der Waals surface area contributed by atoms with Crippen molar-refractivity contribution in [2.45, 2.75) is 5.92 Å². The first-order chi connectivity index (χ1) is 16.3. The highest BCUT2D eigenvalue weighted by Gasteiger charge is 2.44. The van der Waals surface area contributed by atoms with Crippen molar-refractivity contribution < 1.29 is 23.9 Å². The zero-order valence-electron chi connectivity index (χ0n) is 18.1. The molecule has 11 heteroatoms. The van der Waals surface area contributed by atoms with E-state index in [0.717, 1.165) is 11.8 Å². The number of amides is 2. The maximum Gasteiger partial charge on any atom is 0.319 e. The second kappa shape index (κ2) is 11.3. The summed E-state index contributed by atoms with van der Waals surface area (Å²) in [5, 5.41) is 16.1. The largest absolute Gasteiger partial charge is 0.497 e. The van der Waals surface area contributed by atoms with E-state index < -0.39 is 29.6 Å². The third kappa shape index (κ3) is 5.65. The van der Waals surface area contributed by atoms with Crippen LogP contribution in [-0.4, -0.2) is 37.8 Å². The quantitative estimate of drug-likeness (QED) is 0.417. The van der Waals surface area contributed by atoms with Gasteiger partial charge in [-0.3, -0.25) is 14.4 Å². The molecule has 0 spiro atoms. The third-order valence-corrected chi connectivity index (χ3v) is 6.58. The highest BCUT2D eigenvalue weighted by atomic mass is 35.5. The molecule has 1 aliphatic heterocycles. The van der Waals surface area contributed by atoms with Gasteiger partial charge in [-0.25, -0.2) is 0 Å². The summed E-state index contributed by atoms with van der Waals surface area (Å²) in [7, 11) is 2.69. The summed E-state index contributed by atoms with van der Waals surface area (Å²) in [4.78, 5) is 37.8. The van der Waals surface area contributed by atoms with E-state index in [4.69, 9.17) is 32.7 Å². The van der Waals surface area contributed by atoms with Gasteiger partial charge in [-0.1, -0.05) is 47.1 Å². The summed E-state index contributed by atoms with van der Waals surface area (Å²) in [6.07, 6.45) is 0. The van der Waals surface area contributed by atoms with E-state index in [-0.39, 0.29) is 21.4 Å². The number of nitrogens with one attached hydrogen (secondary N) is 2. The van der Waals surface area contributed by atoms with Crippen molar-refractivity contribution in [3.63, 3.8) is 0 Å². The number of methoxy groups -OCH3 is 2. The maximum atomic E-state index is 12.9. The Morgan fingerprint density at radius 1 is 1.18 bits per heavy atom. The zero-order valence-corrected chi connectivity index (χ0v) is 20.4. The van der Waals surface area contributed by atoms with Crippen molar-refractivity contribution >= 4 is 58.4 Å². The monoisotopic (exact) mass is 519 g/mol. The summed E-state index contributed by atoms with van der Waals surface area (Å²) in [6.45, 7) is 0. The van der Waals surface area contributed by atoms with E-state index in [1.807, 2.05) is 0 Å². The Bertz CT molecular complexity index is 1190. The fourth-order valence-electron chi connectivity index (χ4n) is 3.41. The fraction of sp³-hybridized carbons (Fsp3) is 0.217. The van der Waals surface area contributed by atoms with Crippen LogP contribution in [0.2, 0.25) is 10.0 Å². The summed E-state index contributed by atoms with van der Waals surface area (Å²) >= 11 is 12.9. The molecule has 0 saturated heterocycles. The molecule has 1 aliphatic rings. The van der Waals surface area contributed by atoms with E-state index in [1.54, 1.807) is 36.4 Å². The predicted molar refractivity (Wildman–Crippen MR) is 130 cm³/mol. The Kier molecular flexibility index (Phi) is 8.45. The Morgan fingerprint density at radius 3 is 2.47 bits per heavy atom. The number of carbonyl (C=O) groups excluding carboxylic acids is 3. The SMILES string of the molecule is COC(=O)C1C(=O)NC(SCC(=O)Nc2ccc(Cl)cc2Cl)=C(C#N)C1c1ccc(OC)cc1. The minimum Gasteiger partial charge on any atom is -0.497 e. The Hall–Kier alpha value is -3.19. The number of halogens is 2. The average Bonchev–Trinajstić information content (AvgIpc) is 2.83. The fourth-order valence-corrected chi connectivity index (χ4v) is 4.71. The summed E-state index contributed by atoms with van der Waals surface area (Å²) in [5.41, 5.74) is 1.07. The minimum absolute atomic E-state index is 0.127. The summed E-state index contributed by atoms with van der Waals surface area (Å²) in [5.74, 6) is -3.52. The van der Waals surface area contributed by atoms with E-state index in [2.05, 4.69) is 16.7 Å². The topological polar surface area (TPSA) is 118 Å². The molecule has 2 unspecified atom stereocenters. The molecule has 1 heterocycles. The van der Waals surface area contributed by atoms with Crippen LogP contribution in [0, 0.1) is 17.2 Å². The second-order valence-electron chi connectivity index (χ2n) is 7.06. The molecular weight excluding hydrogens is 501 g/mol. The van der Waals surface area contributed by atoms with Crippen LogP contribution < -0.4 is 15.4 Å². The van der Waals surface area contributed by atoms with Gasteiger partial charge in [0.2, 0.25) is 11.8 Å². The van der Waals surface area contributed by atoms with E-state index in [0.29, 0.717) is 22.0 Å². The van der Waals surface area contributed by atoms with Gasteiger partial charge in [0.05, 0.1) is 47.4 Å². The molecule has 2 amide bonds. The molecule has 2 atom stereocenters. The van der Waals surface area contributed by atoms with E-state index in [1.165, 1.54) is 20.3 Å². The molecule has 0 aromatic heterocycles. The second-order valence-corrected chi connectivity index (χ2v) is 8.89. The number of ether oxygens (including phenoxy) is 2. The molecule has 0 radical (unpaired) electrons. The van der Waals surface area contributed by atoms with Crippen molar-refractivity contribution in [2.24, 2.45) is 5.92 Å². The molecule has 0 saturated carbocycles. The molecule has 3 rings (SSSR count). The molecule has 2 aromatic rings. The predicted octanol–water partition coefficient (Wildman–Crippen LogP) is 4.11. The van der Waals surface area contributed by atoms with Gasteiger partial charge < -0.3 is 20.1 Å². The zero-order chi connectivity index (χ0) is 24.8. The van der Waals surface area contributed by atoms with Gasteiger partial charge in [-0.2, -0.15) is 5.26 Å². The van der Waals surface area contributed by atoms with Crippen LogP contribution in [-0.2, 0) is 19.1 Å². The normalized spacial score (nSPS) is 17.4. The molecule has 2 aromatic carbocycles. The number of nitriles is 1. The van der Waals surface area contributed by atoms with E-state index >= 15 is 0 Å². The van der Waals surface area contributed by atoms with E-state index in [9.17, 15) is 19.6 Å². The van der Waals surface area contributed by atoms with Gasteiger partial charge in [0.15, 0.2) is 0 Å². The number of esters is 1. The molecule has 8 nitrogen and oxygen atoms in total. The van der Waals surface area contributed by atoms with Crippen molar-refractivity contribution in [3.05, 3.63) is 68.7 Å². The highest BCUT2D eigenvalue weighted by molar-refractivity contribution is 8.03. The van der Waals surface area contributed by atoms with Gasteiger partial charge in [-0.05, 0) is 35.9 Å². The van der Waals surface area contributed by atoms with Crippen LogP contribution in [0.3, 0.4) is 0 Å². The summed E-state index contributed by atoms with van der Waals surface area (Å²) in [6, 6.07) is 13.4. The Labute approximate surface area is 210 Å². The lowest BCUT2D eigenvalue weighted by atomic mass is 9.78. The third-order valence-electron chi connectivity index (χ3n) is 5.01. The number of nitrogens with zero attached hydrogens (tertiary/aromatic N) is 1. The maximum absolute atomic E-state index is 12.9. The Balaban J connectivity index is 1.89. The van der Waals surface area contributed by atoms with Crippen molar-refractivity contribution in [3.8, 4) is 11.8 Å². The van der Waals surface area contributed by atoms with Crippen LogP contribution >= 0.6 is 35.0 Å². The number of carbonyl (C=O) groups is 3. The molecule has 0 fully saturated rings. The molecule has 34 heavy (non-hydrogen) atoms. The summed E-state index contributed by atoms with van der Waals surface area (Å²) < 4.78 is 9.98. The number of hydrogen-bond acceptors (Lipinski definition) is 7. The van der Waals surface area contributed by atoms with Crippen LogP contribution in [0.15, 0.2) is 53.1 Å². The van der Waals surface area contributed by atoms with Crippen LogP contribution in [0.4, 0.5) is 5.69 Å². The standard InChI is InChI=1S/C23H19Cl2N3O5S/c1-32-14-6-3-12(4-7-14)19-15(10-26)22(28-21(30)20(19)23(31)33-2)34-11-18(29)27-17-8-5-13(24)9-16(17)25/h3-9,19-20H,11H2,1-2H3,(H,27,29)(H,28,30). The minimum atomic E-state index is -1.26. The van der Waals surface area contributed by atoms with Crippen LogP contribution in [0.1, 0.15) is 11.5 Å².